The zero-order valence-electron chi connectivity index (χ0n) is 10.4. The first-order valence-corrected chi connectivity index (χ1v) is 5.93. The number of likely N-dealkylation sites (tertiary alicyclic amines) is 1. The number of rotatable bonds is 2. The lowest BCUT2D eigenvalue weighted by Crippen LogP contribution is -2.45. The topological polar surface area (TPSA) is 64.2 Å². The van der Waals surface area contributed by atoms with Gasteiger partial charge in [-0.25, -0.2) is 4.98 Å². The fraction of sp³-hybridized carbons (Fsp3) is 0.636. The molecule has 1 aromatic heterocycles. The van der Waals surface area contributed by atoms with E-state index >= 15 is 0 Å². The summed E-state index contributed by atoms with van der Waals surface area (Å²) in [6.07, 6.45) is -1.29. The quantitative estimate of drug-likeness (QED) is 0.871. The van der Waals surface area contributed by atoms with Crippen LogP contribution in [-0.4, -0.2) is 39.6 Å². The van der Waals surface area contributed by atoms with Crippen molar-refractivity contribution in [3.8, 4) is 0 Å². The van der Waals surface area contributed by atoms with Crippen LogP contribution in [0.2, 0.25) is 0 Å². The average molecular weight is 276 g/mol. The fourth-order valence-corrected chi connectivity index (χ4v) is 2.19. The Morgan fingerprint density at radius 1 is 1.58 bits per heavy atom. The minimum absolute atomic E-state index is 0.00612. The van der Waals surface area contributed by atoms with Crippen LogP contribution >= 0.6 is 0 Å². The SMILES string of the molecule is CCn1cnc(C2(N)CCN(C(=O)C(F)(F)F)C2)c1. The highest BCUT2D eigenvalue weighted by Crippen LogP contribution is 2.31. The van der Waals surface area contributed by atoms with Gasteiger partial charge in [-0.05, 0) is 13.3 Å². The molecule has 1 fully saturated rings. The van der Waals surface area contributed by atoms with Gasteiger partial charge in [0.25, 0.3) is 0 Å². The molecule has 1 aromatic rings. The monoisotopic (exact) mass is 276 g/mol. The van der Waals surface area contributed by atoms with Crippen LogP contribution in [0.3, 0.4) is 0 Å². The maximum Gasteiger partial charge on any atom is 0.471 e. The number of imidazole rings is 1. The highest BCUT2D eigenvalue weighted by molar-refractivity contribution is 5.82. The molecule has 2 rings (SSSR count). The van der Waals surface area contributed by atoms with Gasteiger partial charge in [-0.2, -0.15) is 13.2 Å². The van der Waals surface area contributed by atoms with Crippen molar-refractivity contribution in [2.24, 2.45) is 5.73 Å². The van der Waals surface area contributed by atoms with Crippen molar-refractivity contribution in [1.82, 2.24) is 14.5 Å². The van der Waals surface area contributed by atoms with Crippen LogP contribution in [0, 0.1) is 0 Å². The lowest BCUT2D eigenvalue weighted by atomic mass is 9.96. The number of halogens is 3. The third-order valence-corrected chi connectivity index (χ3v) is 3.34. The highest BCUT2D eigenvalue weighted by Gasteiger charge is 2.48. The average Bonchev–Trinajstić information content (AvgIpc) is 2.94. The van der Waals surface area contributed by atoms with E-state index < -0.39 is 17.6 Å². The second-order valence-corrected chi connectivity index (χ2v) is 4.72. The van der Waals surface area contributed by atoms with Gasteiger partial charge in [0.2, 0.25) is 0 Å². The van der Waals surface area contributed by atoms with Gasteiger partial charge in [-0.3, -0.25) is 4.79 Å². The molecule has 0 spiro atoms. The van der Waals surface area contributed by atoms with Crippen LogP contribution in [0.5, 0.6) is 0 Å². The third kappa shape index (κ3) is 2.58. The molecule has 8 heteroatoms. The Morgan fingerprint density at radius 2 is 2.26 bits per heavy atom. The number of nitrogens with two attached hydrogens (primary N) is 1. The molecular weight excluding hydrogens is 261 g/mol. The van der Waals surface area contributed by atoms with Crippen LogP contribution in [0.4, 0.5) is 13.2 Å². The predicted octanol–water partition coefficient (Wildman–Crippen LogP) is 0.852. The van der Waals surface area contributed by atoms with Crippen molar-refractivity contribution in [3.63, 3.8) is 0 Å². The van der Waals surface area contributed by atoms with Crippen molar-refractivity contribution in [3.05, 3.63) is 18.2 Å². The van der Waals surface area contributed by atoms with Crippen molar-refractivity contribution >= 4 is 5.91 Å². The number of nitrogens with zero attached hydrogens (tertiary/aromatic N) is 3. The molecule has 0 aromatic carbocycles. The van der Waals surface area contributed by atoms with E-state index in [-0.39, 0.29) is 19.5 Å². The van der Waals surface area contributed by atoms with Crippen molar-refractivity contribution < 1.29 is 18.0 Å². The van der Waals surface area contributed by atoms with Gasteiger partial charge >= 0.3 is 12.1 Å². The smallest absolute Gasteiger partial charge is 0.337 e. The Balaban J connectivity index is 2.14. The zero-order chi connectivity index (χ0) is 14.3. The molecule has 0 radical (unpaired) electrons. The molecule has 1 aliphatic rings. The van der Waals surface area contributed by atoms with Crippen LogP contribution in [0.15, 0.2) is 12.5 Å². The predicted molar refractivity (Wildman–Crippen MR) is 61.0 cm³/mol. The van der Waals surface area contributed by atoms with Crippen molar-refractivity contribution in [1.29, 1.82) is 0 Å². The number of alkyl halides is 3. The lowest BCUT2D eigenvalue weighted by Gasteiger charge is -2.23. The number of amides is 1. The fourth-order valence-electron chi connectivity index (χ4n) is 2.19. The molecule has 0 aliphatic carbocycles. The summed E-state index contributed by atoms with van der Waals surface area (Å²) in [5.41, 5.74) is 5.60. The van der Waals surface area contributed by atoms with E-state index in [1.54, 1.807) is 17.1 Å². The van der Waals surface area contributed by atoms with E-state index in [1.807, 2.05) is 6.92 Å². The maximum atomic E-state index is 12.4. The van der Waals surface area contributed by atoms with E-state index in [0.29, 0.717) is 12.2 Å². The molecular formula is C11H15F3N4O. The lowest BCUT2D eigenvalue weighted by molar-refractivity contribution is -0.184. The minimum Gasteiger partial charge on any atom is -0.337 e. The van der Waals surface area contributed by atoms with Crippen molar-refractivity contribution in [2.75, 3.05) is 13.1 Å². The first-order chi connectivity index (χ1) is 8.76. The Hall–Kier alpha value is -1.57. The van der Waals surface area contributed by atoms with E-state index in [1.165, 1.54) is 0 Å². The molecule has 1 atom stereocenters. The van der Waals surface area contributed by atoms with Gasteiger partial charge in [0, 0.05) is 25.8 Å². The molecule has 106 valence electrons. The molecule has 0 saturated carbocycles. The third-order valence-electron chi connectivity index (χ3n) is 3.34. The van der Waals surface area contributed by atoms with Gasteiger partial charge in [0.1, 0.15) is 0 Å². The summed E-state index contributed by atoms with van der Waals surface area (Å²) in [5.74, 6) is -1.84. The number of hydrogen-bond acceptors (Lipinski definition) is 3. The highest BCUT2D eigenvalue weighted by atomic mass is 19.4. The summed E-state index contributed by atoms with van der Waals surface area (Å²) in [5, 5.41) is 0. The van der Waals surface area contributed by atoms with Gasteiger partial charge < -0.3 is 15.2 Å². The molecule has 2 heterocycles. The molecule has 1 unspecified atom stereocenters. The normalized spacial score (nSPS) is 23.9. The van der Waals surface area contributed by atoms with Crippen LogP contribution < -0.4 is 5.73 Å². The molecule has 1 saturated heterocycles. The summed E-state index contributed by atoms with van der Waals surface area (Å²) < 4.78 is 38.9. The Labute approximate surface area is 108 Å². The molecule has 19 heavy (non-hydrogen) atoms. The van der Waals surface area contributed by atoms with E-state index in [4.69, 9.17) is 5.73 Å². The maximum absolute atomic E-state index is 12.4. The Kier molecular flexibility index (Phi) is 3.29. The Bertz CT molecular complexity index is 485. The second-order valence-electron chi connectivity index (χ2n) is 4.72. The van der Waals surface area contributed by atoms with E-state index in [9.17, 15) is 18.0 Å². The largest absolute Gasteiger partial charge is 0.471 e. The van der Waals surface area contributed by atoms with Crippen LogP contribution in [0.25, 0.3) is 0 Å². The number of hydrogen-bond donors (Lipinski definition) is 1. The molecule has 5 nitrogen and oxygen atoms in total. The molecule has 1 aliphatic heterocycles. The van der Waals surface area contributed by atoms with Gasteiger partial charge in [0.05, 0.1) is 17.6 Å². The summed E-state index contributed by atoms with van der Waals surface area (Å²) in [7, 11) is 0. The molecule has 0 bridgehead atoms. The van der Waals surface area contributed by atoms with Crippen LogP contribution in [-0.2, 0) is 16.9 Å². The van der Waals surface area contributed by atoms with E-state index in [0.717, 1.165) is 4.90 Å². The Morgan fingerprint density at radius 3 is 2.79 bits per heavy atom. The van der Waals surface area contributed by atoms with E-state index in [2.05, 4.69) is 4.98 Å². The van der Waals surface area contributed by atoms with Gasteiger partial charge in [0.15, 0.2) is 0 Å². The second kappa shape index (κ2) is 4.52. The number of aromatic nitrogens is 2. The first kappa shape index (κ1) is 13.9. The van der Waals surface area contributed by atoms with Crippen molar-refractivity contribution in [2.45, 2.75) is 31.6 Å². The summed E-state index contributed by atoms with van der Waals surface area (Å²) in [6.45, 7) is 2.46. The minimum atomic E-state index is -4.85. The standard InChI is InChI=1S/C11H15F3N4O/c1-2-17-5-8(16-7-17)10(15)3-4-18(6-10)9(19)11(12,13)14/h5,7H,2-4,6,15H2,1H3. The van der Waals surface area contributed by atoms with Crippen LogP contribution in [0.1, 0.15) is 19.0 Å². The number of carbonyl (C=O) groups excluding carboxylic acids is 1. The number of aryl methyl sites for hydroxylation is 1. The number of carbonyl (C=O) groups is 1. The summed E-state index contributed by atoms with van der Waals surface area (Å²) in [6, 6.07) is 0. The zero-order valence-corrected chi connectivity index (χ0v) is 10.4. The van der Waals surface area contributed by atoms with Gasteiger partial charge in [-0.15, -0.1) is 0 Å². The first-order valence-electron chi connectivity index (χ1n) is 5.93. The molecule has 2 N–H and O–H groups in total. The summed E-state index contributed by atoms with van der Waals surface area (Å²) in [4.78, 5) is 16.0. The summed E-state index contributed by atoms with van der Waals surface area (Å²) >= 11 is 0. The molecule has 1 amide bonds. The van der Waals surface area contributed by atoms with Gasteiger partial charge in [-0.1, -0.05) is 0 Å².